The van der Waals surface area contributed by atoms with Gasteiger partial charge in [-0.25, -0.2) is 9.37 Å². The molecule has 142 valence electrons. The van der Waals surface area contributed by atoms with Gasteiger partial charge in [0.15, 0.2) is 11.6 Å². The van der Waals surface area contributed by atoms with E-state index in [0.717, 1.165) is 19.3 Å². The quantitative estimate of drug-likeness (QED) is 0.880. The summed E-state index contributed by atoms with van der Waals surface area (Å²) in [6, 6.07) is 5.66. The number of halogens is 1. The van der Waals surface area contributed by atoms with Gasteiger partial charge in [-0.15, -0.1) is 0 Å². The van der Waals surface area contributed by atoms with E-state index >= 15 is 0 Å². The minimum atomic E-state index is -0.455. The molecular weight excluding hydrogens is 349 g/mol. The monoisotopic (exact) mass is 371 g/mol. The Morgan fingerprint density at radius 3 is 2.89 bits per heavy atom. The van der Waals surface area contributed by atoms with Crippen molar-refractivity contribution in [3.05, 3.63) is 53.5 Å². The molecule has 2 amide bonds. The summed E-state index contributed by atoms with van der Waals surface area (Å²) in [6.45, 7) is 1.67. The highest BCUT2D eigenvalue weighted by Crippen LogP contribution is 2.40. The van der Waals surface area contributed by atoms with E-state index in [0.29, 0.717) is 24.3 Å². The molecule has 3 heterocycles. The van der Waals surface area contributed by atoms with Gasteiger partial charge in [0.2, 0.25) is 5.91 Å². The molecule has 2 aliphatic rings. The summed E-state index contributed by atoms with van der Waals surface area (Å²) in [7, 11) is 0. The van der Waals surface area contributed by atoms with Crippen molar-refractivity contribution >= 4 is 11.8 Å². The summed E-state index contributed by atoms with van der Waals surface area (Å²) >= 11 is 0. The van der Waals surface area contributed by atoms with Crippen molar-refractivity contribution < 1.29 is 18.4 Å². The van der Waals surface area contributed by atoms with Crippen molar-refractivity contribution in [2.24, 2.45) is 0 Å². The molecule has 2 aromatic rings. The number of nitrogens with zero attached hydrogens (tertiary/aromatic N) is 2. The molecule has 7 heteroatoms. The van der Waals surface area contributed by atoms with Crippen LogP contribution in [-0.2, 0) is 4.79 Å². The molecule has 0 saturated carbocycles. The molecule has 0 spiro atoms. The molecule has 1 aromatic carbocycles. The molecule has 0 unspecified atom stereocenters. The van der Waals surface area contributed by atoms with Crippen LogP contribution in [0.15, 0.2) is 34.9 Å². The Bertz CT molecular complexity index is 866. The Morgan fingerprint density at radius 1 is 1.33 bits per heavy atom. The van der Waals surface area contributed by atoms with Crippen LogP contribution in [0, 0.1) is 12.7 Å². The fourth-order valence-electron chi connectivity index (χ4n) is 4.26. The summed E-state index contributed by atoms with van der Waals surface area (Å²) in [5.41, 5.74) is 0.676. The first-order valence-electron chi connectivity index (χ1n) is 9.33. The van der Waals surface area contributed by atoms with Gasteiger partial charge >= 0.3 is 0 Å². The zero-order chi connectivity index (χ0) is 19.0. The number of amides is 2. The van der Waals surface area contributed by atoms with E-state index in [1.165, 1.54) is 12.3 Å². The summed E-state index contributed by atoms with van der Waals surface area (Å²) < 4.78 is 19.7. The number of fused-ring (bicyclic) bond motifs is 1. The highest BCUT2D eigenvalue weighted by Gasteiger charge is 2.46. The molecule has 0 bridgehead atoms. The molecular formula is C20H22FN3O3. The summed E-state index contributed by atoms with van der Waals surface area (Å²) in [5, 5.41) is 3.04. The first-order chi connectivity index (χ1) is 13.0. The molecule has 2 fully saturated rings. The van der Waals surface area contributed by atoms with Gasteiger partial charge in [-0.05, 0) is 25.3 Å². The summed E-state index contributed by atoms with van der Waals surface area (Å²) in [5.74, 6) is -0.245. The minimum Gasteiger partial charge on any atom is -0.448 e. The van der Waals surface area contributed by atoms with Crippen molar-refractivity contribution in [3.8, 4) is 0 Å². The van der Waals surface area contributed by atoms with Gasteiger partial charge in [0.1, 0.15) is 12.1 Å². The Kier molecular flexibility index (Phi) is 4.68. The average Bonchev–Trinajstić information content (AvgIpc) is 3.21. The second-order valence-corrected chi connectivity index (χ2v) is 7.22. The standard InChI is InChI=1S/C20H22FN3O3/c1-12-22-16(11-27-12)20(26)24-17-8-4-5-9-19(25)23-15(17)10-18(24)13-6-2-3-7-14(13)21/h2-3,6-7,11,15,17-18H,4-5,8-10H2,1H3,(H,23,25)/t15-,17+,18+/m1/s1. The zero-order valence-electron chi connectivity index (χ0n) is 15.2. The maximum atomic E-state index is 14.5. The number of carbonyl (C=O) groups excluding carboxylic acids is 2. The van der Waals surface area contributed by atoms with Crippen molar-refractivity contribution in [2.75, 3.05) is 0 Å². The number of oxazole rings is 1. The lowest BCUT2D eigenvalue weighted by Gasteiger charge is -2.32. The van der Waals surface area contributed by atoms with Crippen LogP contribution in [0.3, 0.4) is 0 Å². The molecule has 1 N–H and O–H groups in total. The predicted octanol–water partition coefficient (Wildman–Crippen LogP) is 3.14. The number of nitrogens with one attached hydrogen (secondary N) is 1. The van der Waals surface area contributed by atoms with E-state index < -0.39 is 6.04 Å². The third kappa shape index (κ3) is 3.34. The fourth-order valence-corrected chi connectivity index (χ4v) is 4.26. The van der Waals surface area contributed by atoms with E-state index in [-0.39, 0.29) is 35.4 Å². The number of likely N-dealkylation sites (tertiary alicyclic amines) is 1. The number of hydrogen-bond donors (Lipinski definition) is 1. The van der Waals surface area contributed by atoms with Crippen molar-refractivity contribution in [2.45, 2.75) is 57.2 Å². The molecule has 6 nitrogen and oxygen atoms in total. The Labute approximate surface area is 156 Å². The molecule has 4 rings (SSSR count). The SMILES string of the molecule is Cc1nc(C(=O)N2[C@H](c3ccccc3F)C[C@H]3NC(=O)CCCC[C@@H]32)co1. The highest BCUT2D eigenvalue weighted by molar-refractivity contribution is 5.93. The maximum Gasteiger partial charge on any atom is 0.276 e. The second-order valence-electron chi connectivity index (χ2n) is 7.22. The summed E-state index contributed by atoms with van der Waals surface area (Å²) in [4.78, 5) is 31.2. The number of aryl methyl sites for hydroxylation is 1. The number of hydrogen-bond acceptors (Lipinski definition) is 4. The van der Waals surface area contributed by atoms with Gasteiger partial charge in [-0.1, -0.05) is 24.6 Å². The largest absolute Gasteiger partial charge is 0.448 e. The van der Waals surface area contributed by atoms with Crippen LogP contribution < -0.4 is 5.32 Å². The van der Waals surface area contributed by atoms with Gasteiger partial charge in [0.05, 0.1) is 18.1 Å². The smallest absolute Gasteiger partial charge is 0.276 e. The van der Waals surface area contributed by atoms with Crippen LogP contribution in [0.5, 0.6) is 0 Å². The lowest BCUT2D eigenvalue weighted by Crippen LogP contribution is -2.48. The van der Waals surface area contributed by atoms with Crippen LogP contribution in [-0.4, -0.2) is 33.8 Å². The first kappa shape index (κ1) is 17.7. The first-order valence-corrected chi connectivity index (χ1v) is 9.33. The van der Waals surface area contributed by atoms with Crippen molar-refractivity contribution in [3.63, 3.8) is 0 Å². The van der Waals surface area contributed by atoms with Crippen LogP contribution >= 0.6 is 0 Å². The Hall–Kier alpha value is -2.70. The average molecular weight is 371 g/mol. The highest BCUT2D eigenvalue weighted by atomic mass is 19.1. The van der Waals surface area contributed by atoms with Crippen LogP contribution in [0.1, 0.15) is 60.1 Å². The second kappa shape index (κ2) is 7.13. The molecule has 0 aliphatic carbocycles. The number of benzene rings is 1. The van der Waals surface area contributed by atoms with Crippen LogP contribution in [0.25, 0.3) is 0 Å². The predicted molar refractivity (Wildman–Crippen MR) is 95.4 cm³/mol. The molecule has 1 aromatic heterocycles. The molecule has 2 saturated heterocycles. The third-order valence-corrected chi connectivity index (χ3v) is 5.47. The van der Waals surface area contributed by atoms with Gasteiger partial charge in [0, 0.05) is 18.9 Å². The summed E-state index contributed by atoms with van der Waals surface area (Å²) in [6.07, 6.45) is 4.71. The van der Waals surface area contributed by atoms with Crippen molar-refractivity contribution in [1.29, 1.82) is 0 Å². The van der Waals surface area contributed by atoms with Gasteiger partial charge < -0.3 is 14.6 Å². The molecule has 2 aliphatic heterocycles. The van der Waals surface area contributed by atoms with E-state index in [9.17, 15) is 14.0 Å². The molecule has 0 radical (unpaired) electrons. The zero-order valence-corrected chi connectivity index (χ0v) is 15.2. The maximum absolute atomic E-state index is 14.5. The van der Waals surface area contributed by atoms with E-state index in [1.807, 2.05) is 0 Å². The van der Waals surface area contributed by atoms with Crippen LogP contribution in [0.2, 0.25) is 0 Å². The lowest BCUT2D eigenvalue weighted by atomic mass is 9.97. The lowest BCUT2D eigenvalue weighted by molar-refractivity contribution is -0.122. The Morgan fingerprint density at radius 2 is 2.15 bits per heavy atom. The van der Waals surface area contributed by atoms with Gasteiger partial charge in [-0.2, -0.15) is 0 Å². The number of rotatable bonds is 2. The van der Waals surface area contributed by atoms with Gasteiger partial charge in [-0.3, -0.25) is 9.59 Å². The van der Waals surface area contributed by atoms with E-state index in [2.05, 4.69) is 10.3 Å². The number of aromatic nitrogens is 1. The topological polar surface area (TPSA) is 75.4 Å². The number of carbonyl (C=O) groups is 2. The Balaban J connectivity index is 1.74. The normalized spacial score (nSPS) is 25.5. The molecule has 3 atom stereocenters. The third-order valence-electron chi connectivity index (χ3n) is 5.47. The van der Waals surface area contributed by atoms with Gasteiger partial charge in [0.25, 0.3) is 5.91 Å². The minimum absolute atomic E-state index is 0.0106. The van der Waals surface area contributed by atoms with Crippen molar-refractivity contribution in [1.82, 2.24) is 15.2 Å². The fraction of sp³-hybridized carbons (Fsp3) is 0.450. The van der Waals surface area contributed by atoms with E-state index in [1.54, 1.807) is 30.0 Å². The molecule has 27 heavy (non-hydrogen) atoms. The van der Waals surface area contributed by atoms with E-state index in [4.69, 9.17) is 4.42 Å². The van der Waals surface area contributed by atoms with Crippen LogP contribution in [0.4, 0.5) is 4.39 Å².